The molecule has 0 spiro atoms. The van der Waals surface area contributed by atoms with Crippen LogP contribution in [0, 0.1) is 0 Å². The highest BCUT2D eigenvalue weighted by molar-refractivity contribution is 6.23. The van der Waals surface area contributed by atoms with Gasteiger partial charge in [0.25, 0.3) is 17.7 Å². The predicted octanol–water partition coefficient (Wildman–Crippen LogP) is -0.264. The van der Waals surface area contributed by atoms with Crippen LogP contribution in [0.1, 0.15) is 46.4 Å². The van der Waals surface area contributed by atoms with Gasteiger partial charge in [0.15, 0.2) is 6.61 Å². The van der Waals surface area contributed by atoms with Gasteiger partial charge in [0, 0.05) is 26.4 Å². The number of amides is 4. The molecule has 0 radical (unpaired) electrons. The van der Waals surface area contributed by atoms with Crippen LogP contribution >= 0.6 is 0 Å². The third kappa shape index (κ3) is 5.87. The zero-order valence-corrected chi connectivity index (χ0v) is 16.9. The van der Waals surface area contributed by atoms with E-state index in [2.05, 4.69) is 10.6 Å². The molecule has 0 aromatic heterocycles. The van der Waals surface area contributed by atoms with Crippen LogP contribution in [0.25, 0.3) is 0 Å². The standard InChI is InChI=1S/C20H23N3O8/c1-21-15(25)8-7-12(10-24)23-19(29)13-4-2-5-14(18(13)20(23)30)31-11-16(26)22-9-3-6-17(27)28/h2,4-5,10,12H,3,6-9,11H2,1H3,(H,21,25)(H,22,26)(H,27,28). The van der Waals surface area contributed by atoms with Gasteiger partial charge in [0.1, 0.15) is 12.0 Å². The van der Waals surface area contributed by atoms with Gasteiger partial charge >= 0.3 is 5.97 Å². The van der Waals surface area contributed by atoms with Crippen molar-refractivity contribution in [2.45, 2.75) is 31.7 Å². The minimum atomic E-state index is -1.12. The molecule has 3 N–H and O–H groups in total. The molecule has 2 rings (SSSR count). The van der Waals surface area contributed by atoms with Gasteiger partial charge < -0.3 is 25.3 Å². The van der Waals surface area contributed by atoms with E-state index in [1.165, 1.54) is 25.2 Å². The highest BCUT2D eigenvalue weighted by atomic mass is 16.5. The third-order valence-corrected chi connectivity index (χ3v) is 4.59. The largest absolute Gasteiger partial charge is 0.483 e. The van der Waals surface area contributed by atoms with Gasteiger partial charge in [0.05, 0.1) is 17.2 Å². The molecule has 0 bridgehead atoms. The molecule has 166 valence electrons. The molecule has 1 unspecified atom stereocenters. The zero-order valence-electron chi connectivity index (χ0n) is 16.9. The Morgan fingerprint density at radius 3 is 2.55 bits per heavy atom. The summed E-state index contributed by atoms with van der Waals surface area (Å²) in [5.74, 6) is -3.24. The molecule has 31 heavy (non-hydrogen) atoms. The van der Waals surface area contributed by atoms with E-state index in [0.717, 1.165) is 4.90 Å². The minimum absolute atomic E-state index is 0.00925. The lowest BCUT2D eigenvalue weighted by atomic mass is 10.1. The number of benzene rings is 1. The number of nitrogens with one attached hydrogen (secondary N) is 2. The summed E-state index contributed by atoms with van der Waals surface area (Å²) >= 11 is 0. The number of ether oxygens (including phenoxy) is 1. The number of nitrogens with zero attached hydrogens (tertiary/aromatic N) is 1. The molecule has 1 aromatic carbocycles. The molecule has 0 fully saturated rings. The fourth-order valence-corrected chi connectivity index (χ4v) is 3.02. The van der Waals surface area contributed by atoms with Crippen LogP contribution in [0.3, 0.4) is 0 Å². The van der Waals surface area contributed by atoms with Gasteiger partial charge in [-0.05, 0) is 25.0 Å². The second kappa shape index (κ2) is 10.9. The summed E-state index contributed by atoms with van der Waals surface area (Å²) in [7, 11) is 1.44. The van der Waals surface area contributed by atoms with E-state index >= 15 is 0 Å². The van der Waals surface area contributed by atoms with E-state index in [-0.39, 0.29) is 55.0 Å². The van der Waals surface area contributed by atoms with Crippen LogP contribution < -0.4 is 15.4 Å². The van der Waals surface area contributed by atoms with Crippen molar-refractivity contribution in [1.82, 2.24) is 15.5 Å². The number of carbonyl (C=O) groups excluding carboxylic acids is 5. The Kier molecular flexibility index (Phi) is 8.24. The van der Waals surface area contributed by atoms with Crippen LogP contribution in [0.5, 0.6) is 5.75 Å². The van der Waals surface area contributed by atoms with Gasteiger partial charge in [-0.15, -0.1) is 0 Å². The van der Waals surface area contributed by atoms with Crippen LogP contribution in [0.2, 0.25) is 0 Å². The van der Waals surface area contributed by atoms with Crippen molar-refractivity contribution in [1.29, 1.82) is 0 Å². The average Bonchev–Trinajstić information content (AvgIpc) is 3.01. The predicted molar refractivity (Wildman–Crippen MR) is 105 cm³/mol. The van der Waals surface area contributed by atoms with E-state index in [4.69, 9.17) is 9.84 Å². The molecule has 4 amide bonds. The Bertz CT molecular complexity index is 898. The molecule has 1 aromatic rings. The summed E-state index contributed by atoms with van der Waals surface area (Å²) in [6.07, 6.45) is 0.544. The molecule has 0 saturated carbocycles. The molecule has 11 heteroatoms. The monoisotopic (exact) mass is 433 g/mol. The lowest BCUT2D eigenvalue weighted by molar-refractivity contribution is -0.137. The molecule has 1 atom stereocenters. The molecule has 11 nitrogen and oxygen atoms in total. The zero-order chi connectivity index (χ0) is 23.0. The van der Waals surface area contributed by atoms with Crippen molar-refractivity contribution >= 4 is 35.9 Å². The summed E-state index contributed by atoms with van der Waals surface area (Å²) in [6.45, 7) is -0.294. The first-order valence-electron chi connectivity index (χ1n) is 9.58. The number of fused-ring (bicyclic) bond motifs is 1. The first-order chi connectivity index (χ1) is 14.8. The first-order valence-corrected chi connectivity index (χ1v) is 9.58. The Morgan fingerprint density at radius 1 is 1.16 bits per heavy atom. The maximum Gasteiger partial charge on any atom is 0.303 e. The van der Waals surface area contributed by atoms with Crippen molar-refractivity contribution < 1.29 is 38.6 Å². The summed E-state index contributed by atoms with van der Waals surface area (Å²) in [5, 5.41) is 13.5. The smallest absolute Gasteiger partial charge is 0.303 e. The van der Waals surface area contributed by atoms with Crippen molar-refractivity contribution in [3.8, 4) is 5.75 Å². The average molecular weight is 433 g/mol. The number of rotatable bonds is 12. The normalized spacial score (nSPS) is 13.4. The number of carboxylic acids is 1. The van der Waals surface area contributed by atoms with Crippen molar-refractivity contribution in [2.24, 2.45) is 0 Å². The molecule has 1 aliphatic heterocycles. The molecule has 1 heterocycles. The second-order valence-electron chi connectivity index (χ2n) is 6.71. The quantitative estimate of drug-likeness (QED) is 0.231. The molecular weight excluding hydrogens is 410 g/mol. The lowest BCUT2D eigenvalue weighted by Gasteiger charge is -2.21. The number of carbonyl (C=O) groups is 6. The fourth-order valence-electron chi connectivity index (χ4n) is 3.02. The maximum atomic E-state index is 12.9. The maximum absolute atomic E-state index is 12.9. The fraction of sp³-hybridized carbons (Fsp3) is 0.400. The van der Waals surface area contributed by atoms with Crippen LogP contribution in [-0.4, -0.2) is 72.1 Å². The summed E-state index contributed by atoms with van der Waals surface area (Å²) in [5.41, 5.74) is -0.0193. The van der Waals surface area contributed by atoms with Gasteiger partial charge in [0.2, 0.25) is 5.91 Å². The highest BCUT2D eigenvalue weighted by Crippen LogP contribution is 2.32. The minimum Gasteiger partial charge on any atom is -0.483 e. The summed E-state index contributed by atoms with van der Waals surface area (Å²) in [4.78, 5) is 71.7. The number of aliphatic carboxylic acids is 1. The van der Waals surface area contributed by atoms with E-state index in [1.54, 1.807) is 0 Å². The van der Waals surface area contributed by atoms with Gasteiger partial charge in [-0.2, -0.15) is 0 Å². The Labute approximate surface area is 177 Å². The SMILES string of the molecule is CNC(=O)CCC(C=O)N1C(=O)c2cccc(OCC(=O)NCCCC(=O)O)c2C1=O. The van der Waals surface area contributed by atoms with Crippen molar-refractivity contribution in [3.05, 3.63) is 29.3 Å². The number of hydrogen-bond acceptors (Lipinski definition) is 7. The lowest BCUT2D eigenvalue weighted by Crippen LogP contribution is -2.41. The summed E-state index contributed by atoms with van der Waals surface area (Å²) < 4.78 is 5.40. The number of aldehydes is 1. The van der Waals surface area contributed by atoms with Crippen molar-refractivity contribution in [2.75, 3.05) is 20.2 Å². The topological polar surface area (TPSA) is 159 Å². The van der Waals surface area contributed by atoms with Gasteiger partial charge in [-0.3, -0.25) is 28.9 Å². The Hall–Kier alpha value is -3.76. The number of carboxylic acid groups (broad SMARTS) is 1. The second-order valence-corrected chi connectivity index (χ2v) is 6.71. The van der Waals surface area contributed by atoms with E-state index in [1.807, 2.05) is 0 Å². The van der Waals surface area contributed by atoms with Gasteiger partial charge in [-0.1, -0.05) is 6.07 Å². The van der Waals surface area contributed by atoms with Crippen LogP contribution in [0.15, 0.2) is 18.2 Å². The van der Waals surface area contributed by atoms with Crippen molar-refractivity contribution in [3.63, 3.8) is 0 Å². The van der Waals surface area contributed by atoms with E-state index < -0.39 is 36.3 Å². The molecular formula is C20H23N3O8. The Morgan fingerprint density at radius 2 is 1.90 bits per heavy atom. The highest BCUT2D eigenvalue weighted by Gasteiger charge is 2.42. The molecule has 1 aliphatic rings. The Balaban J connectivity index is 2.06. The first kappa shape index (κ1) is 23.5. The van der Waals surface area contributed by atoms with Crippen LogP contribution in [0.4, 0.5) is 0 Å². The van der Waals surface area contributed by atoms with E-state index in [0.29, 0.717) is 6.29 Å². The molecule has 0 aliphatic carbocycles. The van der Waals surface area contributed by atoms with E-state index in [9.17, 15) is 28.8 Å². The summed E-state index contributed by atoms with van der Waals surface area (Å²) in [6, 6.07) is 3.20. The number of imide groups is 1. The molecule has 0 saturated heterocycles. The number of hydrogen-bond donors (Lipinski definition) is 3. The third-order valence-electron chi connectivity index (χ3n) is 4.59. The van der Waals surface area contributed by atoms with Crippen LogP contribution in [-0.2, 0) is 19.2 Å². The van der Waals surface area contributed by atoms with Gasteiger partial charge in [-0.25, -0.2) is 0 Å².